The van der Waals surface area contributed by atoms with Crippen LogP contribution in [0, 0.1) is 5.82 Å². The minimum atomic E-state index is -0.687. The second-order valence-electron chi connectivity index (χ2n) is 3.96. The van der Waals surface area contributed by atoms with Gasteiger partial charge in [-0.15, -0.1) is 0 Å². The standard InChI is InChI=1S/C11H14FNO/c12-10-3-1-2-9(6-10)7-11(14)4-5-13-8-11/h1-3,6,13-14H,4-5,7-8H2. The molecule has 1 saturated heterocycles. The van der Waals surface area contributed by atoms with Gasteiger partial charge in [0.15, 0.2) is 0 Å². The van der Waals surface area contributed by atoms with E-state index in [9.17, 15) is 9.50 Å². The number of rotatable bonds is 2. The summed E-state index contributed by atoms with van der Waals surface area (Å²) >= 11 is 0. The van der Waals surface area contributed by atoms with Crippen molar-refractivity contribution in [2.75, 3.05) is 13.1 Å². The fraction of sp³-hybridized carbons (Fsp3) is 0.455. The van der Waals surface area contributed by atoms with Gasteiger partial charge in [-0.2, -0.15) is 0 Å². The van der Waals surface area contributed by atoms with E-state index in [4.69, 9.17) is 0 Å². The van der Waals surface area contributed by atoms with Crippen LogP contribution in [0.25, 0.3) is 0 Å². The quantitative estimate of drug-likeness (QED) is 0.740. The molecule has 0 amide bonds. The van der Waals surface area contributed by atoms with E-state index in [1.54, 1.807) is 6.07 Å². The number of hydrogen-bond acceptors (Lipinski definition) is 2. The van der Waals surface area contributed by atoms with E-state index in [2.05, 4.69) is 5.32 Å². The Morgan fingerprint density at radius 2 is 2.36 bits per heavy atom. The summed E-state index contributed by atoms with van der Waals surface area (Å²) in [4.78, 5) is 0. The molecule has 1 aliphatic heterocycles. The van der Waals surface area contributed by atoms with Crippen LogP contribution in [0.4, 0.5) is 4.39 Å². The number of aliphatic hydroxyl groups is 1. The fourth-order valence-corrected chi connectivity index (χ4v) is 1.91. The van der Waals surface area contributed by atoms with E-state index in [0.29, 0.717) is 13.0 Å². The first-order valence-electron chi connectivity index (χ1n) is 4.86. The monoisotopic (exact) mass is 195 g/mol. The zero-order valence-electron chi connectivity index (χ0n) is 7.96. The molecule has 3 heteroatoms. The molecule has 0 aromatic heterocycles. The van der Waals surface area contributed by atoms with Crippen LogP contribution in [0.1, 0.15) is 12.0 Å². The van der Waals surface area contributed by atoms with Crippen LogP contribution in [0.5, 0.6) is 0 Å². The minimum Gasteiger partial charge on any atom is -0.388 e. The maximum absolute atomic E-state index is 12.9. The van der Waals surface area contributed by atoms with Gasteiger partial charge in [-0.3, -0.25) is 0 Å². The molecule has 1 aromatic carbocycles. The predicted octanol–water partition coefficient (Wildman–Crippen LogP) is 1.09. The van der Waals surface area contributed by atoms with Gasteiger partial charge in [0, 0.05) is 13.0 Å². The van der Waals surface area contributed by atoms with Gasteiger partial charge in [0.25, 0.3) is 0 Å². The summed E-state index contributed by atoms with van der Waals surface area (Å²) < 4.78 is 12.9. The third kappa shape index (κ3) is 2.11. The average Bonchev–Trinajstić information content (AvgIpc) is 2.51. The SMILES string of the molecule is OC1(Cc2cccc(F)c2)CCNC1. The van der Waals surface area contributed by atoms with E-state index >= 15 is 0 Å². The van der Waals surface area contributed by atoms with E-state index in [1.165, 1.54) is 12.1 Å². The van der Waals surface area contributed by atoms with Crippen LogP contribution in [0.15, 0.2) is 24.3 Å². The predicted molar refractivity (Wildman–Crippen MR) is 52.5 cm³/mol. The normalized spacial score (nSPS) is 26.7. The Labute approximate surface area is 82.8 Å². The number of β-amino-alcohol motifs (C(OH)–C–C–N with tert-alkyl or cyclic N) is 1. The second kappa shape index (κ2) is 3.67. The van der Waals surface area contributed by atoms with Crippen LogP contribution < -0.4 is 5.32 Å². The number of halogens is 1. The third-order valence-corrected chi connectivity index (χ3v) is 2.64. The summed E-state index contributed by atoms with van der Waals surface area (Å²) in [5.74, 6) is -0.239. The van der Waals surface area contributed by atoms with Crippen molar-refractivity contribution >= 4 is 0 Å². The molecule has 76 valence electrons. The molecule has 0 spiro atoms. The van der Waals surface area contributed by atoms with Crippen LogP contribution in [0.2, 0.25) is 0 Å². The number of nitrogens with one attached hydrogen (secondary N) is 1. The Hall–Kier alpha value is -0.930. The Morgan fingerprint density at radius 3 is 3.00 bits per heavy atom. The van der Waals surface area contributed by atoms with Gasteiger partial charge in [-0.05, 0) is 30.7 Å². The Balaban J connectivity index is 2.10. The lowest BCUT2D eigenvalue weighted by Gasteiger charge is -2.20. The zero-order chi connectivity index (χ0) is 10.0. The van der Waals surface area contributed by atoms with E-state index in [0.717, 1.165) is 18.5 Å². The van der Waals surface area contributed by atoms with Crippen LogP contribution in [0.3, 0.4) is 0 Å². The molecule has 1 aromatic rings. The maximum Gasteiger partial charge on any atom is 0.123 e. The van der Waals surface area contributed by atoms with Gasteiger partial charge in [0.1, 0.15) is 5.82 Å². The molecule has 2 rings (SSSR count). The van der Waals surface area contributed by atoms with Gasteiger partial charge in [-0.25, -0.2) is 4.39 Å². The first kappa shape index (κ1) is 9.62. The highest BCUT2D eigenvalue weighted by Gasteiger charge is 2.30. The lowest BCUT2D eigenvalue weighted by molar-refractivity contribution is 0.0618. The molecular weight excluding hydrogens is 181 g/mol. The molecule has 1 atom stereocenters. The van der Waals surface area contributed by atoms with Gasteiger partial charge in [0.05, 0.1) is 5.60 Å². The van der Waals surface area contributed by atoms with Crippen molar-refractivity contribution in [1.29, 1.82) is 0 Å². The highest BCUT2D eigenvalue weighted by atomic mass is 19.1. The number of benzene rings is 1. The summed E-state index contributed by atoms with van der Waals surface area (Å²) in [5.41, 5.74) is 0.171. The highest BCUT2D eigenvalue weighted by Crippen LogP contribution is 2.20. The van der Waals surface area contributed by atoms with Crippen LogP contribution in [-0.4, -0.2) is 23.8 Å². The average molecular weight is 195 g/mol. The minimum absolute atomic E-state index is 0.239. The van der Waals surface area contributed by atoms with Crippen molar-refractivity contribution in [1.82, 2.24) is 5.32 Å². The fourth-order valence-electron chi connectivity index (χ4n) is 1.91. The zero-order valence-corrected chi connectivity index (χ0v) is 7.96. The largest absolute Gasteiger partial charge is 0.388 e. The van der Waals surface area contributed by atoms with Crippen molar-refractivity contribution in [3.63, 3.8) is 0 Å². The lowest BCUT2D eigenvalue weighted by Crippen LogP contribution is -2.33. The van der Waals surface area contributed by atoms with Crippen molar-refractivity contribution in [2.24, 2.45) is 0 Å². The van der Waals surface area contributed by atoms with Gasteiger partial charge < -0.3 is 10.4 Å². The van der Waals surface area contributed by atoms with Crippen molar-refractivity contribution in [3.05, 3.63) is 35.6 Å². The van der Waals surface area contributed by atoms with Gasteiger partial charge in [0.2, 0.25) is 0 Å². The van der Waals surface area contributed by atoms with Crippen molar-refractivity contribution in [3.8, 4) is 0 Å². The Bertz CT molecular complexity index is 321. The Morgan fingerprint density at radius 1 is 1.50 bits per heavy atom. The smallest absolute Gasteiger partial charge is 0.123 e. The van der Waals surface area contributed by atoms with Crippen LogP contribution >= 0.6 is 0 Å². The molecule has 0 saturated carbocycles. The molecular formula is C11H14FNO. The van der Waals surface area contributed by atoms with Crippen molar-refractivity contribution in [2.45, 2.75) is 18.4 Å². The number of hydrogen-bond donors (Lipinski definition) is 2. The molecule has 2 nitrogen and oxygen atoms in total. The summed E-state index contributed by atoms with van der Waals surface area (Å²) in [7, 11) is 0. The molecule has 2 N–H and O–H groups in total. The molecule has 0 bridgehead atoms. The molecule has 1 aliphatic rings. The topological polar surface area (TPSA) is 32.3 Å². The van der Waals surface area contributed by atoms with E-state index < -0.39 is 5.60 Å². The molecule has 1 fully saturated rings. The molecule has 0 aliphatic carbocycles. The second-order valence-corrected chi connectivity index (χ2v) is 3.96. The Kier molecular flexibility index (Phi) is 2.52. The summed E-state index contributed by atoms with van der Waals surface area (Å²) in [6, 6.07) is 6.42. The molecule has 1 heterocycles. The van der Waals surface area contributed by atoms with Crippen molar-refractivity contribution < 1.29 is 9.50 Å². The van der Waals surface area contributed by atoms with E-state index in [-0.39, 0.29) is 5.82 Å². The first-order valence-corrected chi connectivity index (χ1v) is 4.86. The highest BCUT2D eigenvalue weighted by molar-refractivity contribution is 5.19. The summed E-state index contributed by atoms with van der Waals surface area (Å²) in [6.45, 7) is 1.44. The van der Waals surface area contributed by atoms with E-state index in [1.807, 2.05) is 6.07 Å². The third-order valence-electron chi connectivity index (χ3n) is 2.64. The molecule has 1 unspecified atom stereocenters. The van der Waals surface area contributed by atoms with Gasteiger partial charge >= 0.3 is 0 Å². The maximum atomic E-state index is 12.9. The molecule has 14 heavy (non-hydrogen) atoms. The summed E-state index contributed by atoms with van der Waals surface area (Å²) in [5, 5.41) is 13.2. The summed E-state index contributed by atoms with van der Waals surface area (Å²) in [6.07, 6.45) is 1.27. The van der Waals surface area contributed by atoms with Crippen LogP contribution in [-0.2, 0) is 6.42 Å². The first-order chi connectivity index (χ1) is 6.68. The van der Waals surface area contributed by atoms with Gasteiger partial charge in [-0.1, -0.05) is 12.1 Å². The molecule has 0 radical (unpaired) electrons. The lowest BCUT2D eigenvalue weighted by atomic mass is 9.94.